The van der Waals surface area contributed by atoms with Crippen LogP contribution in [0.25, 0.3) is 0 Å². The summed E-state index contributed by atoms with van der Waals surface area (Å²) in [6.07, 6.45) is 5.04. The maximum atomic E-state index is 4.35. The summed E-state index contributed by atoms with van der Waals surface area (Å²) in [7, 11) is 0. The molecule has 1 aromatic heterocycles. The van der Waals surface area contributed by atoms with Crippen molar-refractivity contribution in [3.63, 3.8) is 0 Å². The second-order valence-electron chi connectivity index (χ2n) is 3.82. The Kier molecular flexibility index (Phi) is 2.27. The highest BCUT2D eigenvalue weighted by atomic mass is 15.0. The van der Waals surface area contributed by atoms with Gasteiger partial charge in [0.25, 0.3) is 0 Å². The van der Waals surface area contributed by atoms with Crippen LogP contribution in [-0.2, 0) is 0 Å². The Morgan fingerprint density at radius 3 is 2.38 bits per heavy atom. The summed E-state index contributed by atoms with van der Waals surface area (Å²) in [6.45, 7) is 5.40. The fraction of sp³-hybridized carbons (Fsp3) is 0.600. The SMILES string of the molecule is CC(C)c1cnc(C2CCN2)nc1. The van der Waals surface area contributed by atoms with Gasteiger partial charge in [-0.3, -0.25) is 0 Å². The highest BCUT2D eigenvalue weighted by Gasteiger charge is 2.20. The molecule has 1 aliphatic rings. The Labute approximate surface area is 78.6 Å². The molecule has 1 N–H and O–H groups in total. The quantitative estimate of drug-likeness (QED) is 0.746. The molecule has 1 saturated heterocycles. The summed E-state index contributed by atoms with van der Waals surface area (Å²) in [5.41, 5.74) is 1.21. The number of aromatic nitrogens is 2. The van der Waals surface area contributed by atoms with Crippen LogP contribution < -0.4 is 5.32 Å². The van der Waals surface area contributed by atoms with Crippen LogP contribution in [0.3, 0.4) is 0 Å². The smallest absolute Gasteiger partial charge is 0.145 e. The van der Waals surface area contributed by atoms with E-state index in [1.807, 2.05) is 12.4 Å². The standard InChI is InChI=1S/C10H15N3/c1-7(2)8-5-12-10(13-6-8)9-3-4-11-9/h5-7,9,11H,3-4H2,1-2H3. The van der Waals surface area contributed by atoms with E-state index < -0.39 is 0 Å². The maximum absolute atomic E-state index is 4.35. The first-order valence-electron chi connectivity index (χ1n) is 4.82. The van der Waals surface area contributed by atoms with Gasteiger partial charge < -0.3 is 5.32 Å². The van der Waals surface area contributed by atoms with Crippen molar-refractivity contribution in [3.8, 4) is 0 Å². The van der Waals surface area contributed by atoms with Gasteiger partial charge in [0.1, 0.15) is 5.82 Å². The van der Waals surface area contributed by atoms with Gasteiger partial charge >= 0.3 is 0 Å². The second-order valence-corrected chi connectivity index (χ2v) is 3.82. The number of nitrogens with zero attached hydrogens (tertiary/aromatic N) is 2. The molecule has 0 radical (unpaired) electrons. The summed E-state index contributed by atoms with van der Waals surface area (Å²) in [6, 6.07) is 0.404. The van der Waals surface area contributed by atoms with Crippen LogP contribution in [0.4, 0.5) is 0 Å². The minimum Gasteiger partial charge on any atom is -0.307 e. The summed E-state index contributed by atoms with van der Waals surface area (Å²) >= 11 is 0. The van der Waals surface area contributed by atoms with Gasteiger partial charge in [-0.05, 0) is 24.4 Å². The van der Waals surface area contributed by atoms with Gasteiger partial charge in [-0.15, -0.1) is 0 Å². The minimum atomic E-state index is 0.404. The molecule has 0 amide bonds. The van der Waals surface area contributed by atoms with E-state index >= 15 is 0 Å². The van der Waals surface area contributed by atoms with Crippen molar-refractivity contribution >= 4 is 0 Å². The van der Waals surface area contributed by atoms with Crippen LogP contribution >= 0.6 is 0 Å². The van der Waals surface area contributed by atoms with Crippen LogP contribution in [0.15, 0.2) is 12.4 Å². The third-order valence-corrected chi connectivity index (χ3v) is 2.49. The Bertz CT molecular complexity index is 275. The fourth-order valence-corrected chi connectivity index (χ4v) is 1.34. The predicted molar refractivity (Wildman–Crippen MR) is 51.5 cm³/mol. The van der Waals surface area contributed by atoms with Crippen molar-refractivity contribution in [2.75, 3.05) is 6.54 Å². The molecule has 2 rings (SSSR count). The average Bonchev–Trinajstić information content (AvgIpc) is 2.02. The molecule has 0 bridgehead atoms. The summed E-state index contributed by atoms with van der Waals surface area (Å²) in [4.78, 5) is 8.70. The van der Waals surface area contributed by atoms with Gasteiger partial charge in [0, 0.05) is 12.4 Å². The van der Waals surface area contributed by atoms with Gasteiger partial charge in [-0.2, -0.15) is 0 Å². The molecule has 0 saturated carbocycles. The first-order chi connectivity index (χ1) is 6.27. The first kappa shape index (κ1) is 8.63. The lowest BCUT2D eigenvalue weighted by molar-refractivity contribution is 0.365. The highest BCUT2D eigenvalue weighted by Crippen LogP contribution is 2.19. The van der Waals surface area contributed by atoms with Gasteiger partial charge in [-0.25, -0.2) is 9.97 Å². The van der Waals surface area contributed by atoms with Crippen LogP contribution in [0.5, 0.6) is 0 Å². The topological polar surface area (TPSA) is 37.8 Å². The Balaban J connectivity index is 2.13. The molecule has 0 aromatic carbocycles. The molecule has 1 unspecified atom stereocenters. The lowest BCUT2D eigenvalue weighted by Crippen LogP contribution is -2.36. The lowest BCUT2D eigenvalue weighted by Gasteiger charge is -2.25. The molecule has 1 aromatic rings. The molecule has 3 nitrogen and oxygen atoms in total. The molecule has 13 heavy (non-hydrogen) atoms. The molecular formula is C10H15N3. The van der Waals surface area contributed by atoms with Crippen molar-refractivity contribution < 1.29 is 0 Å². The zero-order valence-electron chi connectivity index (χ0n) is 8.12. The third kappa shape index (κ3) is 1.70. The highest BCUT2D eigenvalue weighted by molar-refractivity contribution is 5.11. The molecule has 1 aliphatic heterocycles. The summed E-state index contributed by atoms with van der Waals surface area (Å²) in [5, 5.41) is 3.29. The maximum Gasteiger partial charge on any atom is 0.145 e. The molecule has 0 aliphatic carbocycles. The largest absolute Gasteiger partial charge is 0.307 e. The van der Waals surface area contributed by atoms with Crippen LogP contribution in [0, 0.1) is 0 Å². The van der Waals surface area contributed by atoms with Crippen LogP contribution in [0.1, 0.15) is 43.6 Å². The Morgan fingerprint density at radius 2 is 2.00 bits per heavy atom. The molecule has 0 spiro atoms. The van der Waals surface area contributed by atoms with E-state index in [0.29, 0.717) is 12.0 Å². The molecule has 1 atom stereocenters. The summed E-state index contributed by atoms with van der Waals surface area (Å²) < 4.78 is 0. The Hall–Kier alpha value is -0.960. The molecule has 2 heterocycles. The zero-order valence-corrected chi connectivity index (χ0v) is 8.12. The van der Waals surface area contributed by atoms with Crippen molar-refractivity contribution in [1.29, 1.82) is 0 Å². The van der Waals surface area contributed by atoms with E-state index in [9.17, 15) is 0 Å². The fourth-order valence-electron chi connectivity index (χ4n) is 1.34. The van der Waals surface area contributed by atoms with Crippen LogP contribution in [-0.4, -0.2) is 16.5 Å². The van der Waals surface area contributed by atoms with E-state index in [-0.39, 0.29) is 0 Å². The molecule has 70 valence electrons. The lowest BCUT2D eigenvalue weighted by atomic mass is 10.1. The average molecular weight is 177 g/mol. The first-order valence-corrected chi connectivity index (χ1v) is 4.82. The number of nitrogens with one attached hydrogen (secondary N) is 1. The van der Waals surface area contributed by atoms with E-state index in [2.05, 4.69) is 29.1 Å². The predicted octanol–water partition coefficient (Wildman–Crippen LogP) is 1.63. The van der Waals surface area contributed by atoms with Gasteiger partial charge in [-0.1, -0.05) is 13.8 Å². The zero-order chi connectivity index (χ0) is 9.26. The Morgan fingerprint density at radius 1 is 1.38 bits per heavy atom. The van der Waals surface area contributed by atoms with E-state index in [4.69, 9.17) is 0 Å². The molecule has 3 heteroatoms. The van der Waals surface area contributed by atoms with Crippen molar-refractivity contribution in [2.45, 2.75) is 32.2 Å². The van der Waals surface area contributed by atoms with Gasteiger partial charge in [0.15, 0.2) is 0 Å². The second kappa shape index (κ2) is 3.42. The number of hydrogen-bond donors (Lipinski definition) is 1. The summed E-state index contributed by atoms with van der Waals surface area (Å²) in [5.74, 6) is 1.46. The van der Waals surface area contributed by atoms with E-state index in [1.165, 1.54) is 12.0 Å². The monoisotopic (exact) mass is 177 g/mol. The van der Waals surface area contributed by atoms with Gasteiger partial charge in [0.05, 0.1) is 6.04 Å². The normalized spacial score (nSPS) is 21.6. The minimum absolute atomic E-state index is 0.404. The third-order valence-electron chi connectivity index (χ3n) is 2.49. The number of hydrogen-bond acceptors (Lipinski definition) is 3. The van der Waals surface area contributed by atoms with Crippen molar-refractivity contribution in [1.82, 2.24) is 15.3 Å². The van der Waals surface area contributed by atoms with Crippen molar-refractivity contribution in [2.24, 2.45) is 0 Å². The van der Waals surface area contributed by atoms with E-state index in [0.717, 1.165) is 12.4 Å². The van der Waals surface area contributed by atoms with E-state index in [1.54, 1.807) is 0 Å². The number of rotatable bonds is 2. The molecular weight excluding hydrogens is 162 g/mol. The van der Waals surface area contributed by atoms with Crippen LogP contribution in [0.2, 0.25) is 0 Å². The molecule has 1 fully saturated rings. The van der Waals surface area contributed by atoms with Gasteiger partial charge in [0.2, 0.25) is 0 Å². The van der Waals surface area contributed by atoms with Crippen molar-refractivity contribution in [3.05, 3.63) is 23.8 Å².